The molecule has 1 fully saturated rings. The summed E-state index contributed by atoms with van der Waals surface area (Å²) in [5.41, 5.74) is 3.87. The summed E-state index contributed by atoms with van der Waals surface area (Å²) in [6.45, 7) is 2.71. The number of fused-ring (bicyclic) bond motifs is 1. The number of rotatable bonds is 4. The van der Waals surface area contributed by atoms with E-state index in [1.807, 2.05) is 6.07 Å². The third-order valence-corrected chi connectivity index (χ3v) is 5.37. The first-order valence-corrected chi connectivity index (χ1v) is 8.94. The van der Waals surface area contributed by atoms with Crippen molar-refractivity contribution in [3.05, 3.63) is 65.7 Å². The number of hydrogen-bond acceptors (Lipinski definition) is 2. The summed E-state index contributed by atoms with van der Waals surface area (Å²) in [5, 5.41) is 3.42. The van der Waals surface area contributed by atoms with Gasteiger partial charge in [0, 0.05) is 37.7 Å². The number of anilines is 1. The predicted octanol–water partition coefficient (Wildman–Crippen LogP) is 3.68. The first-order chi connectivity index (χ1) is 11.8. The van der Waals surface area contributed by atoms with Crippen molar-refractivity contribution in [1.82, 2.24) is 4.90 Å². The minimum atomic E-state index is 0.314. The van der Waals surface area contributed by atoms with Crippen molar-refractivity contribution in [2.45, 2.75) is 25.2 Å². The molecule has 2 aliphatic heterocycles. The van der Waals surface area contributed by atoms with Crippen LogP contribution in [0.4, 0.5) is 5.69 Å². The van der Waals surface area contributed by atoms with Crippen molar-refractivity contribution in [3.63, 3.8) is 0 Å². The zero-order valence-electron chi connectivity index (χ0n) is 13.9. The first-order valence-electron chi connectivity index (χ1n) is 8.94. The number of likely N-dealkylation sites (tertiary alicyclic amines) is 1. The topological polar surface area (TPSA) is 32.3 Å². The minimum absolute atomic E-state index is 0.314. The van der Waals surface area contributed by atoms with Crippen LogP contribution in [-0.4, -0.2) is 30.4 Å². The molecule has 1 saturated heterocycles. The van der Waals surface area contributed by atoms with Crippen LogP contribution in [0.25, 0.3) is 0 Å². The van der Waals surface area contributed by atoms with Crippen LogP contribution < -0.4 is 5.32 Å². The maximum Gasteiger partial charge on any atom is 0.223 e. The van der Waals surface area contributed by atoms with Crippen LogP contribution in [0.15, 0.2) is 54.6 Å². The molecule has 0 saturated carbocycles. The lowest BCUT2D eigenvalue weighted by molar-refractivity contribution is -0.130. The van der Waals surface area contributed by atoms with E-state index in [1.165, 1.54) is 16.8 Å². The molecule has 0 aromatic heterocycles. The monoisotopic (exact) mass is 320 g/mol. The van der Waals surface area contributed by atoms with E-state index in [9.17, 15) is 4.79 Å². The van der Waals surface area contributed by atoms with Gasteiger partial charge in [0.1, 0.15) is 0 Å². The van der Waals surface area contributed by atoms with Gasteiger partial charge in [0.25, 0.3) is 0 Å². The van der Waals surface area contributed by atoms with Gasteiger partial charge in [-0.15, -0.1) is 0 Å². The number of carbonyl (C=O) groups excluding carboxylic acids is 1. The quantitative estimate of drug-likeness (QED) is 0.932. The second kappa shape index (κ2) is 6.68. The molecule has 2 aromatic carbocycles. The smallest absolute Gasteiger partial charge is 0.223 e. The van der Waals surface area contributed by atoms with Crippen LogP contribution in [0.5, 0.6) is 0 Å². The van der Waals surface area contributed by atoms with Crippen molar-refractivity contribution < 1.29 is 4.79 Å². The van der Waals surface area contributed by atoms with Crippen molar-refractivity contribution in [3.8, 4) is 0 Å². The molecule has 0 aliphatic carbocycles. The maximum atomic E-state index is 12.7. The Morgan fingerprint density at radius 2 is 1.88 bits per heavy atom. The largest absolute Gasteiger partial charge is 0.384 e. The highest BCUT2D eigenvalue weighted by Crippen LogP contribution is 2.34. The van der Waals surface area contributed by atoms with Crippen molar-refractivity contribution in [2.24, 2.45) is 5.92 Å². The van der Waals surface area contributed by atoms with Crippen LogP contribution in [0, 0.1) is 5.92 Å². The number of amides is 1. The summed E-state index contributed by atoms with van der Waals surface area (Å²) in [6.07, 6.45) is 2.83. The standard InChI is InChI=1S/C21H24N2O/c24-21(13-18-14-22-20-9-5-4-8-19(18)20)23-11-10-17(15-23)12-16-6-2-1-3-7-16/h1-9,17-18,22H,10-15H2. The normalized spacial score (nSPS) is 22.2. The van der Waals surface area contributed by atoms with Gasteiger partial charge in [-0.2, -0.15) is 0 Å². The Kier molecular flexibility index (Phi) is 4.24. The molecule has 3 heteroatoms. The molecular weight excluding hydrogens is 296 g/mol. The zero-order chi connectivity index (χ0) is 16.4. The zero-order valence-corrected chi connectivity index (χ0v) is 13.9. The van der Waals surface area contributed by atoms with Gasteiger partial charge in [-0.05, 0) is 36.0 Å². The highest BCUT2D eigenvalue weighted by molar-refractivity contribution is 5.78. The van der Waals surface area contributed by atoms with Crippen LogP contribution in [0.2, 0.25) is 0 Å². The number of carbonyl (C=O) groups is 1. The molecule has 2 heterocycles. The average Bonchev–Trinajstić information content (AvgIpc) is 3.24. The second-order valence-electron chi connectivity index (χ2n) is 7.05. The SMILES string of the molecule is O=C(CC1CNc2ccccc21)N1CCC(Cc2ccccc2)C1. The summed E-state index contributed by atoms with van der Waals surface area (Å²) in [6, 6.07) is 19.0. The number of para-hydroxylation sites is 1. The molecule has 124 valence electrons. The fourth-order valence-electron chi connectivity index (χ4n) is 4.05. The van der Waals surface area contributed by atoms with Crippen LogP contribution >= 0.6 is 0 Å². The molecular formula is C21H24N2O. The summed E-state index contributed by atoms with van der Waals surface area (Å²) < 4.78 is 0. The molecule has 0 bridgehead atoms. The average molecular weight is 320 g/mol. The molecule has 2 atom stereocenters. The lowest BCUT2D eigenvalue weighted by Gasteiger charge is -2.19. The molecule has 3 nitrogen and oxygen atoms in total. The lowest BCUT2D eigenvalue weighted by atomic mass is 9.97. The summed E-state index contributed by atoms with van der Waals surface area (Å²) in [4.78, 5) is 14.8. The number of nitrogens with zero attached hydrogens (tertiary/aromatic N) is 1. The molecule has 4 rings (SSSR count). The van der Waals surface area contributed by atoms with Gasteiger partial charge in [-0.3, -0.25) is 4.79 Å². The van der Waals surface area contributed by atoms with Crippen molar-refractivity contribution >= 4 is 11.6 Å². The molecule has 0 spiro atoms. The second-order valence-corrected chi connectivity index (χ2v) is 7.05. The Morgan fingerprint density at radius 1 is 1.08 bits per heavy atom. The van der Waals surface area contributed by atoms with Crippen molar-refractivity contribution in [1.29, 1.82) is 0 Å². The van der Waals surface area contributed by atoms with Gasteiger partial charge in [0.2, 0.25) is 5.91 Å². The lowest BCUT2D eigenvalue weighted by Crippen LogP contribution is -2.30. The van der Waals surface area contributed by atoms with Gasteiger partial charge >= 0.3 is 0 Å². The van der Waals surface area contributed by atoms with E-state index in [0.717, 1.165) is 32.5 Å². The maximum absolute atomic E-state index is 12.7. The molecule has 2 unspecified atom stereocenters. The Labute approximate surface area is 143 Å². The molecule has 1 N–H and O–H groups in total. The fraction of sp³-hybridized carbons (Fsp3) is 0.381. The van der Waals surface area contributed by atoms with E-state index in [-0.39, 0.29) is 0 Å². The van der Waals surface area contributed by atoms with E-state index >= 15 is 0 Å². The van der Waals surface area contributed by atoms with Gasteiger partial charge < -0.3 is 10.2 Å². The van der Waals surface area contributed by atoms with Gasteiger partial charge in [0.05, 0.1) is 0 Å². The highest BCUT2D eigenvalue weighted by Gasteiger charge is 2.30. The van der Waals surface area contributed by atoms with Gasteiger partial charge in [-0.1, -0.05) is 48.5 Å². The number of benzene rings is 2. The summed E-state index contributed by atoms with van der Waals surface area (Å²) in [5.74, 6) is 1.24. The molecule has 0 radical (unpaired) electrons. The van der Waals surface area contributed by atoms with E-state index in [2.05, 4.69) is 58.7 Å². The van der Waals surface area contributed by atoms with E-state index in [0.29, 0.717) is 24.2 Å². The number of nitrogens with one attached hydrogen (secondary N) is 1. The fourth-order valence-corrected chi connectivity index (χ4v) is 4.05. The highest BCUT2D eigenvalue weighted by atomic mass is 16.2. The third kappa shape index (κ3) is 3.16. The summed E-state index contributed by atoms with van der Waals surface area (Å²) in [7, 11) is 0. The Bertz CT molecular complexity index is 713. The first kappa shape index (κ1) is 15.3. The Hall–Kier alpha value is -2.29. The third-order valence-electron chi connectivity index (χ3n) is 5.37. The van der Waals surface area contributed by atoms with Gasteiger partial charge in [-0.25, -0.2) is 0 Å². The molecule has 1 amide bonds. The van der Waals surface area contributed by atoms with E-state index in [4.69, 9.17) is 0 Å². The minimum Gasteiger partial charge on any atom is -0.384 e. The molecule has 24 heavy (non-hydrogen) atoms. The Balaban J connectivity index is 1.33. The molecule has 2 aromatic rings. The van der Waals surface area contributed by atoms with Crippen molar-refractivity contribution in [2.75, 3.05) is 25.0 Å². The molecule has 2 aliphatic rings. The summed E-state index contributed by atoms with van der Waals surface area (Å²) >= 11 is 0. The van der Waals surface area contributed by atoms with Crippen LogP contribution in [-0.2, 0) is 11.2 Å². The predicted molar refractivity (Wildman–Crippen MR) is 97.1 cm³/mol. The van der Waals surface area contributed by atoms with Crippen LogP contribution in [0.1, 0.15) is 29.9 Å². The van der Waals surface area contributed by atoms with Gasteiger partial charge in [0.15, 0.2) is 0 Å². The number of hydrogen-bond donors (Lipinski definition) is 1. The van der Waals surface area contributed by atoms with E-state index < -0.39 is 0 Å². The van der Waals surface area contributed by atoms with Crippen LogP contribution in [0.3, 0.4) is 0 Å². The Morgan fingerprint density at radius 3 is 2.75 bits per heavy atom. The van der Waals surface area contributed by atoms with E-state index in [1.54, 1.807) is 0 Å².